The molecule has 2 atom stereocenters. The number of ether oxygens (including phenoxy) is 2. The van der Waals surface area contributed by atoms with Crippen molar-refractivity contribution in [2.75, 3.05) is 37.9 Å². The quantitative estimate of drug-likeness (QED) is 0.108. The van der Waals surface area contributed by atoms with Crippen molar-refractivity contribution in [2.24, 2.45) is 5.41 Å². The van der Waals surface area contributed by atoms with E-state index in [0.29, 0.717) is 36.1 Å². The fourth-order valence-electron chi connectivity index (χ4n) is 8.62. The van der Waals surface area contributed by atoms with E-state index in [2.05, 4.69) is 20.9 Å². The van der Waals surface area contributed by atoms with Gasteiger partial charge in [-0.1, -0.05) is 30.3 Å². The summed E-state index contributed by atoms with van der Waals surface area (Å²) in [5.74, 6) is -2.92. The van der Waals surface area contributed by atoms with Crippen molar-refractivity contribution in [1.82, 2.24) is 29.4 Å². The fraction of sp³-hybridized carbons (Fsp3) is 0.409. The Morgan fingerprint density at radius 1 is 0.984 bits per heavy atom. The number of piperidine rings is 2. The number of rotatable bonds is 16. The van der Waals surface area contributed by atoms with Crippen molar-refractivity contribution >= 4 is 67.8 Å². The van der Waals surface area contributed by atoms with Gasteiger partial charge in [-0.05, 0) is 74.6 Å². The van der Waals surface area contributed by atoms with E-state index in [-0.39, 0.29) is 73.0 Å². The highest BCUT2D eigenvalue weighted by Crippen LogP contribution is 2.50. The average Bonchev–Trinajstić information content (AvgIpc) is 4.01. The predicted octanol–water partition coefficient (Wildman–Crippen LogP) is 3.59. The van der Waals surface area contributed by atoms with Crippen molar-refractivity contribution < 1.29 is 51.5 Å². The van der Waals surface area contributed by atoms with Crippen LogP contribution < -0.4 is 20.7 Å². The van der Waals surface area contributed by atoms with Gasteiger partial charge in [-0.15, -0.1) is 11.3 Å². The standard InChI is InChI=1S/C44H47N7O11S2/c1-64(59,60)50-17-13-28(25-50)38(54)45-33(39(55)48-43-46-34(26-63-43)27-6-3-2-4-7-27)14-21-61-20-5-8-37(53)49-18-15-44(16-19-49)23-30(24-44)62-29-9-10-31-32(22-29)42(58)51(41(31)57)35-11-12-36(52)47-40(35)56/h2-4,6-7,9-10,13,17,22,25-26,30,33,35H,5,8,11-12,14-16,18-21,23-24H2,1H3,(H,45,54)(H,46,48,55)(H,47,52,56)/t33-,35?/m0/s1. The summed E-state index contributed by atoms with van der Waals surface area (Å²) in [6, 6.07) is 13.5. The number of nitrogens with zero attached hydrogens (tertiary/aromatic N) is 4. The highest BCUT2D eigenvalue weighted by Gasteiger charge is 2.48. The number of imide groups is 2. The summed E-state index contributed by atoms with van der Waals surface area (Å²) in [6.45, 7) is 1.59. The molecule has 7 amide bonds. The Hall–Kier alpha value is -6.25. The van der Waals surface area contributed by atoms with E-state index in [1.54, 1.807) is 12.1 Å². The zero-order chi connectivity index (χ0) is 45.2. The molecule has 20 heteroatoms. The number of fused-ring (bicyclic) bond motifs is 1. The SMILES string of the molecule is CS(=O)(=O)n1ccc(C(=O)N[C@@H](CCOCCCC(=O)N2CCC3(CC2)CC(Oc2ccc4c(c2)C(=O)N(C2CCC(=O)NC2=O)C4=O)C3)C(=O)Nc2nc(-c3ccccc3)cs2)c1. The first kappa shape index (κ1) is 44.4. The van der Waals surface area contributed by atoms with Crippen LogP contribution in [0.1, 0.15) is 88.9 Å². The van der Waals surface area contributed by atoms with Crippen molar-refractivity contribution in [1.29, 1.82) is 0 Å². The number of aromatic nitrogens is 2. The van der Waals surface area contributed by atoms with Crippen LogP contribution in [-0.4, -0.2) is 119 Å². The lowest BCUT2D eigenvalue weighted by Gasteiger charge is -2.51. The number of amides is 7. The van der Waals surface area contributed by atoms with Crippen LogP contribution in [0.25, 0.3) is 11.3 Å². The normalized spacial score (nSPS) is 18.9. The molecule has 1 aliphatic carbocycles. The average molecular weight is 914 g/mol. The van der Waals surface area contributed by atoms with Gasteiger partial charge >= 0.3 is 0 Å². The number of hydrogen-bond donors (Lipinski definition) is 3. The lowest BCUT2D eigenvalue weighted by atomic mass is 9.61. The molecule has 336 valence electrons. The number of likely N-dealkylation sites (tertiary alicyclic amines) is 1. The van der Waals surface area contributed by atoms with Crippen molar-refractivity contribution in [2.45, 2.75) is 76.0 Å². The molecule has 8 rings (SSSR count). The van der Waals surface area contributed by atoms with E-state index >= 15 is 0 Å². The van der Waals surface area contributed by atoms with Crippen molar-refractivity contribution in [3.8, 4) is 17.0 Å². The van der Waals surface area contributed by atoms with Crippen LogP contribution in [0.2, 0.25) is 0 Å². The molecule has 2 aromatic heterocycles. The summed E-state index contributed by atoms with van der Waals surface area (Å²) in [4.78, 5) is 97.3. The topological polar surface area (TPSA) is 232 Å². The number of benzene rings is 2. The minimum atomic E-state index is -3.61. The third kappa shape index (κ3) is 9.78. The van der Waals surface area contributed by atoms with Crippen LogP contribution in [0.15, 0.2) is 72.4 Å². The number of thiazole rings is 1. The Bertz CT molecular complexity index is 2590. The third-order valence-corrected chi connectivity index (χ3v) is 13.9. The maximum Gasteiger partial charge on any atom is 0.262 e. The highest BCUT2D eigenvalue weighted by atomic mass is 32.2. The molecule has 4 aromatic rings. The molecule has 3 aliphatic heterocycles. The molecule has 3 fully saturated rings. The Morgan fingerprint density at radius 3 is 2.45 bits per heavy atom. The second kappa shape index (κ2) is 18.5. The smallest absolute Gasteiger partial charge is 0.262 e. The van der Waals surface area contributed by atoms with Gasteiger partial charge in [-0.2, -0.15) is 0 Å². The summed E-state index contributed by atoms with van der Waals surface area (Å²) in [5.41, 5.74) is 2.04. The number of carbonyl (C=O) groups excluding carboxylic acids is 7. The van der Waals surface area contributed by atoms with Gasteiger partial charge in [0.2, 0.25) is 33.7 Å². The Balaban J connectivity index is 0.763. The molecule has 0 bridgehead atoms. The second-order valence-corrected chi connectivity index (χ2v) is 19.3. The van der Waals surface area contributed by atoms with Gasteiger partial charge in [-0.25, -0.2) is 13.4 Å². The summed E-state index contributed by atoms with van der Waals surface area (Å²) in [7, 11) is -3.61. The van der Waals surface area contributed by atoms with Gasteiger partial charge < -0.3 is 25.0 Å². The molecule has 4 aliphatic rings. The van der Waals surface area contributed by atoms with Crippen LogP contribution in [0.4, 0.5) is 5.13 Å². The maximum absolute atomic E-state index is 13.5. The number of nitrogens with one attached hydrogen (secondary N) is 3. The molecule has 5 heterocycles. The van der Waals surface area contributed by atoms with Gasteiger partial charge in [0.15, 0.2) is 5.13 Å². The molecule has 2 saturated heterocycles. The lowest BCUT2D eigenvalue weighted by Crippen LogP contribution is -2.54. The van der Waals surface area contributed by atoms with Crippen molar-refractivity contribution in [3.05, 3.63) is 89.1 Å². The first-order valence-electron chi connectivity index (χ1n) is 21.1. The minimum absolute atomic E-state index is 0.0261. The van der Waals surface area contributed by atoms with Crippen LogP contribution in [0, 0.1) is 5.41 Å². The Kier molecular flexibility index (Phi) is 12.8. The predicted molar refractivity (Wildman–Crippen MR) is 232 cm³/mol. The second-order valence-electron chi connectivity index (χ2n) is 16.6. The minimum Gasteiger partial charge on any atom is -0.490 e. The molecular weight excluding hydrogens is 867 g/mol. The van der Waals surface area contributed by atoms with Gasteiger partial charge in [0.25, 0.3) is 17.7 Å². The zero-order valence-corrected chi connectivity index (χ0v) is 36.6. The molecule has 1 spiro atoms. The van der Waals surface area contributed by atoms with Gasteiger partial charge in [-0.3, -0.25) is 47.8 Å². The molecule has 2 aromatic carbocycles. The van der Waals surface area contributed by atoms with E-state index in [0.717, 1.165) is 46.4 Å². The maximum atomic E-state index is 13.5. The molecule has 64 heavy (non-hydrogen) atoms. The summed E-state index contributed by atoms with van der Waals surface area (Å²) in [6.07, 6.45) is 7.56. The molecule has 1 unspecified atom stereocenters. The van der Waals surface area contributed by atoms with E-state index in [1.807, 2.05) is 40.6 Å². The van der Waals surface area contributed by atoms with Crippen LogP contribution in [0.3, 0.4) is 0 Å². The monoisotopic (exact) mass is 913 g/mol. The van der Waals surface area contributed by atoms with E-state index in [1.165, 1.54) is 35.9 Å². The van der Waals surface area contributed by atoms with Gasteiger partial charge in [0, 0.05) is 62.5 Å². The fourth-order valence-corrected chi connectivity index (χ4v) is 9.93. The van der Waals surface area contributed by atoms with E-state index in [9.17, 15) is 42.0 Å². The molecule has 0 radical (unpaired) electrons. The summed E-state index contributed by atoms with van der Waals surface area (Å²) in [5, 5.41) is 9.82. The summed E-state index contributed by atoms with van der Waals surface area (Å²) < 4.78 is 36.8. The molecule has 3 N–H and O–H groups in total. The van der Waals surface area contributed by atoms with Crippen molar-refractivity contribution in [3.63, 3.8) is 0 Å². The first-order chi connectivity index (χ1) is 30.7. The van der Waals surface area contributed by atoms with E-state index in [4.69, 9.17) is 9.47 Å². The van der Waals surface area contributed by atoms with Crippen LogP contribution >= 0.6 is 11.3 Å². The summed E-state index contributed by atoms with van der Waals surface area (Å²) >= 11 is 1.24. The number of hydrogen-bond acceptors (Lipinski definition) is 13. The van der Waals surface area contributed by atoms with Crippen LogP contribution in [-0.2, 0) is 33.9 Å². The highest BCUT2D eigenvalue weighted by molar-refractivity contribution is 7.89. The van der Waals surface area contributed by atoms with Crippen LogP contribution in [0.5, 0.6) is 5.75 Å². The Labute approximate surface area is 372 Å². The zero-order valence-electron chi connectivity index (χ0n) is 34.9. The first-order valence-corrected chi connectivity index (χ1v) is 23.8. The lowest BCUT2D eigenvalue weighted by molar-refractivity contribution is -0.137. The van der Waals surface area contributed by atoms with Gasteiger partial charge in [0.05, 0.1) is 34.7 Å². The van der Waals surface area contributed by atoms with Gasteiger partial charge in [0.1, 0.15) is 17.8 Å². The molecule has 18 nitrogen and oxygen atoms in total. The Morgan fingerprint density at radius 2 is 1.73 bits per heavy atom. The largest absolute Gasteiger partial charge is 0.490 e. The third-order valence-electron chi connectivity index (χ3n) is 12.2. The van der Waals surface area contributed by atoms with E-state index < -0.39 is 57.6 Å². The molecule has 1 saturated carbocycles. The number of carbonyl (C=O) groups is 7. The number of anilines is 1. The molecular formula is C44H47N7O11S2.